The van der Waals surface area contributed by atoms with Crippen LogP contribution in [-0.4, -0.2) is 30.9 Å². The van der Waals surface area contributed by atoms with Gasteiger partial charge in [-0.05, 0) is 57.0 Å². The normalized spacial score (nSPS) is 18.6. The van der Waals surface area contributed by atoms with Crippen LogP contribution in [0.5, 0.6) is 0 Å². The van der Waals surface area contributed by atoms with E-state index in [1.165, 1.54) is 4.90 Å². The molecular weight excluding hydrogens is 310 g/mol. The first-order chi connectivity index (χ1) is 9.99. The smallest absolute Gasteiger partial charge is 0.222 e. The van der Waals surface area contributed by atoms with Crippen molar-refractivity contribution in [1.82, 2.24) is 10.2 Å². The van der Waals surface area contributed by atoms with Crippen LogP contribution < -0.4 is 5.32 Å². The largest absolute Gasteiger partial charge is 0.339 e. The van der Waals surface area contributed by atoms with Gasteiger partial charge < -0.3 is 10.2 Å². The van der Waals surface area contributed by atoms with Crippen LogP contribution in [0.25, 0.3) is 0 Å². The van der Waals surface area contributed by atoms with Crippen LogP contribution in [-0.2, 0) is 4.79 Å². The van der Waals surface area contributed by atoms with E-state index in [9.17, 15) is 13.6 Å². The van der Waals surface area contributed by atoms with Crippen LogP contribution in [0.15, 0.2) is 18.2 Å². The maximum absolute atomic E-state index is 13.8. The molecule has 0 aromatic heterocycles. The fourth-order valence-corrected chi connectivity index (χ4v) is 2.72. The molecule has 1 aromatic carbocycles. The molecule has 1 aromatic rings. The highest BCUT2D eigenvalue weighted by Crippen LogP contribution is 2.24. The Bertz CT molecular complexity index is 507. The number of carbonyl (C=O) groups excluding carboxylic acids is 1. The molecule has 0 saturated carbocycles. The van der Waals surface area contributed by atoms with E-state index >= 15 is 0 Å². The number of nitrogens with one attached hydrogen (secondary N) is 1. The zero-order valence-corrected chi connectivity index (χ0v) is 13.8. The van der Waals surface area contributed by atoms with Crippen molar-refractivity contribution in [2.45, 2.75) is 32.2 Å². The van der Waals surface area contributed by atoms with Gasteiger partial charge >= 0.3 is 0 Å². The highest BCUT2D eigenvalue weighted by molar-refractivity contribution is 5.85. The summed E-state index contributed by atoms with van der Waals surface area (Å²) in [4.78, 5) is 13.7. The van der Waals surface area contributed by atoms with Crippen LogP contribution in [0.3, 0.4) is 0 Å². The van der Waals surface area contributed by atoms with Crippen molar-refractivity contribution in [3.05, 3.63) is 35.4 Å². The van der Waals surface area contributed by atoms with Gasteiger partial charge in [0.1, 0.15) is 11.6 Å². The third-order valence-corrected chi connectivity index (χ3v) is 4.31. The molecule has 0 spiro atoms. The van der Waals surface area contributed by atoms with Crippen molar-refractivity contribution >= 4 is 18.3 Å². The minimum Gasteiger partial charge on any atom is -0.339 e. The molecule has 124 valence electrons. The first-order valence-corrected chi connectivity index (χ1v) is 7.40. The zero-order valence-electron chi connectivity index (χ0n) is 12.9. The van der Waals surface area contributed by atoms with Crippen molar-refractivity contribution in [2.24, 2.45) is 5.92 Å². The molecule has 1 aliphatic rings. The Balaban J connectivity index is 0.00000242. The number of rotatable bonds is 5. The van der Waals surface area contributed by atoms with E-state index in [2.05, 4.69) is 5.32 Å². The van der Waals surface area contributed by atoms with Crippen molar-refractivity contribution in [3.63, 3.8) is 0 Å². The average Bonchev–Trinajstić information content (AvgIpc) is 2.99. The predicted octanol–water partition coefficient (Wildman–Crippen LogP) is 3.30. The Morgan fingerprint density at radius 2 is 2.18 bits per heavy atom. The van der Waals surface area contributed by atoms with E-state index < -0.39 is 17.7 Å². The molecule has 2 rings (SSSR count). The van der Waals surface area contributed by atoms with Crippen molar-refractivity contribution in [3.8, 4) is 0 Å². The molecule has 1 fully saturated rings. The average molecular weight is 333 g/mol. The van der Waals surface area contributed by atoms with Crippen LogP contribution >= 0.6 is 12.4 Å². The molecule has 1 heterocycles. The molecule has 0 aliphatic carbocycles. The summed E-state index contributed by atoms with van der Waals surface area (Å²) in [6.07, 6.45) is 2.39. The van der Waals surface area contributed by atoms with Crippen LogP contribution in [0.2, 0.25) is 0 Å². The molecule has 22 heavy (non-hydrogen) atoms. The van der Waals surface area contributed by atoms with Gasteiger partial charge in [0.05, 0.1) is 6.04 Å². The van der Waals surface area contributed by atoms with Gasteiger partial charge in [-0.25, -0.2) is 8.78 Å². The molecule has 6 heteroatoms. The lowest BCUT2D eigenvalue weighted by Crippen LogP contribution is -2.30. The summed E-state index contributed by atoms with van der Waals surface area (Å²) in [5.41, 5.74) is 0.216. The predicted molar refractivity (Wildman–Crippen MR) is 85.0 cm³/mol. The molecule has 2 unspecified atom stereocenters. The summed E-state index contributed by atoms with van der Waals surface area (Å²) in [6, 6.07) is 2.87. The Labute approximate surface area is 136 Å². The topological polar surface area (TPSA) is 32.3 Å². The minimum atomic E-state index is -0.490. The van der Waals surface area contributed by atoms with Crippen molar-refractivity contribution < 1.29 is 13.6 Å². The summed E-state index contributed by atoms with van der Waals surface area (Å²) in [7, 11) is 1.64. The second kappa shape index (κ2) is 8.44. The Morgan fingerprint density at radius 1 is 1.45 bits per heavy atom. The Kier molecular flexibility index (Phi) is 7.23. The number of hydrogen-bond acceptors (Lipinski definition) is 2. The molecule has 0 radical (unpaired) electrons. The van der Waals surface area contributed by atoms with Crippen LogP contribution in [0.1, 0.15) is 37.8 Å². The summed E-state index contributed by atoms with van der Waals surface area (Å²) in [5.74, 6) is -0.457. The summed E-state index contributed by atoms with van der Waals surface area (Å²) in [6.45, 7) is 3.69. The maximum Gasteiger partial charge on any atom is 0.222 e. The number of nitrogens with zero attached hydrogens (tertiary/aromatic N) is 1. The first-order valence-electron chi connectivity index (χ1n) is 7.40. The molecule has 1 N–H and O–H groups in total. The van der Waals surface area contributed by atoms with Gasteiger partial charge in [0.2, 0.25) is 5.91 Å². The lowest BCUT2D eigenvalue weighted by atomic mass is 10.0. The highest BCUT2D eigenvalue weighted by atomic mass is 35.5. The molecule has 2 atom stereocenters. The van der Waals surface area contributed by atoms with Crippen LogP contribution in [0.4, 0.5) is 8.78 Å². The van der Waals surface area contributed by atoms with E-state index in [1.54, 1.807) is 14.0 Å². The fourth-order valence-electron chi connectivity index (χ4n) is 2.72. The molecule has 1 saturated heterocycles. The summed E-state index contributed by atoms with van der Waals surface area (Å²) in [5, 5.41) is 3.27. The van der Waals surface area contributed by atoms with E-state index in [0.717, 1.165) is 44.1 Å². The second-order valence-corrected chi connectivity index (χ2v) is 5.74. The number of amides is 1. The third kappa shape index (κ3) is 4.65. The fraction of sp³-hybridized carbons (Fsp3) is 0.562. The molecule has 1 amide bonds. The maximum atomic E-state index is 13.8. The monoisotopic (exact) mass is 332 g/mol. The lowest BCUT2D eigenvalue weighted by Gasteiger charge is -2.26. The number of benzene rings is 1. The quantitative estimate of drug-likeness (QED) is 0.897. The summed E-state index contributed by atoms with van der Waals surface area (Å²) < 4.78 is 27.0. The highest BCUT2D eigenvalue weighted by Gasteiger charge is 2.22. The van der Waals surface area contributed by atoms with Gasteiger partial charge in [-0.15, -0.1) is 12.4 Å². The molecule has 0 bridgehead atoms. The third-order valence-electron chi connectivity index (χ3n) is 4.31. The standard InChI is InChI=1S/C16H22F2N2O.ClH/c1-11(14-9-13(17)4-5-15(14)18)20(2)16(21)6-3-12-7-8-19-10-12;/h4-5,9,11-12,19H,3,6-8,10H2,1-2H3;1H. The Hall–Kier alpha value is -1.20. The number of carbonyl (C=O) groups is 1. The zero-order chi connectivity index (χ0) is 15.4. The van der Waals surface area contributed by atoms with Gasteiger partial charge in [-0.1, -0.05) is 0 Å². The Morgan fingerprint density at radius 3 is 2.82 bits per heavy atom. The van der Waals surface area contributed by atoms with Gasteiger partial charge in [0.25, 0.3) is 0 Å². The van der Waals surface area contributed by atoms with E-state index in [4.69, 9.17) is 0 Å². The second-order valence-electron chi connectivity index (χ2n) is 5.74. The van der Waals surface area contributed by atoms with Gasteiger partial charge in [-0.2, -0.15) is 0 Å². The van der Waals surface area contributed by atoms with Gasteiger partial charge in [-0.3, -0.25) is 4.79 Å². The van der Waals surface area contributed by atoms with Gasteiger partial charge in [0.15, 0.2) is 0 Å². The SMILES string of the molecule is CC(c1cc(F)ccc1F)N(C)C(=O)CCC1CCNC1.Cl. The molecule has 3 nitrogen and oxygen atoms in total. The number of hydrogen-bond donors (Lipinski definition) is 1. The van der Waals surface area contributed by atoms with E-state index in [0.29, 0.717) is 12.3 Å². The van der Waals surface area contributed by atoms with Crippen LogP contribution in [0, 0.1) is 17.6 Å². The number of halogens is 3. The van der Waals surface area contributed by atoms with Crippen molar-refractivity contribution in [2.75, 3.05) is 20.1 Å². The lowest BCUT2D eigenvalue weighted by molar-refractivity contribution is -0.132. The summed E-state index contributed by atoms with van der Waals surface area (Å²) >= 11 is 0. The molecule has 1 aliphatic heterocycles. The van der Waals surface area contributed by atoms with Crippen molar-refractivity contribution in [1.29, 1.82) is 0 Å². The molecular formula is C16H23ClF2N2O. The minimum absolute atomic E-state index is 0. The van der Waals surface area contributed by atoms with Gasteiger partial charge in [0, 0.05) is 19.0 Å². The van der Waals surface area contributed by atoms with E-state index in [-0.39, 0.29) is 23.9 Å². The van der Waals surface area contributed by atoms with E-state index in [1.807, 2.05) is 0 Å². The first kappa shape index (κ1) is 18.8.